The lowest BCUT2D eigenvalue weighted by molar-refractivity contribution is -0.131. The molecule has 0 bridgehead atoms. The molecule has 104 valence electrons. The molecule has 0 aliphatic heterocycles. The number of amidine groups is 1. The van der Waals surface area contributed by atoms with Crippen molar-refractivity contribution < 1.29 is 10.0 Å². The maximum atomic E-state index is 12.1. The first-order valence-electron chi connectivity index (χ1n) is 6.35. The molecule has 0 atom stereocenters. The number of nitrogens with zero attached hydrogens (tertiary/aromatic N) is 2. The second-order valence-corrected chi connectivity index (χ2v) is 4.63. The average molecular weight is 263 g/mol. The van der Waals surface area contributed by atoms with Gasteiger partial charge in [0.15, 0.2) is 5.84 Å². The predicted molar refractivity (Wildman–Crippen MR) is 75.2 cm³/mol. The molecule has 1 aromatic carbocycles. The second-order valence-electron chi connectivity index (χ2n) is 4.63. The van der Waals surface area contributed by atoms with Crippen LogP contribution in [0.4, 0.5) is 0 Å². The Bertz CT molecular complexity index is 452. The van der Waals surface area contributed by atoms with Gasteiger partial charge >= 0.3 is 0 Å². The Kier molecular flexibility index (Phi) is 5.36. The molecule has 19 heavy (non-hydrogen) atoms. The molecule has 0 heterocycles. The lowest BCUT2D eigenvalue weighted by Crippen LogP contribution is -2.37. The van der Waals surface area contributed by atoms with Gasteiger partial charge in [-0.25, -0.2) is 0 Å². The highest BCUT2D eigenvalue weighted by atomic mass is 16.4. The largest absolute Gasteiger partial charge is 0.409 e. The van der Waals surface area contributed by atoms with Gasteiger partial charge in [0.1, 0.15) is 0 Å². The summed E-state index contributed by atoms with van der Waals surface area (Å²) in [5.41, 5.74) is 7.03. The third kappa shape index (κ3) is 3.98. The summed E-state index contributed by atoms with van der Waals surface area (Å²) >= 11 is 0. The minimum atomic E-state index is 0.0650. The van der Waals surface area contributed by atoms with Crippen molar-refractivity contribution in [2.24, 2.45) is 10.9 Å². The van der Waals surface area contributed by atoms with E-state index in [4.69, 9.17) is 10.9 Å². The first-order valence-corrected chi connectivity index (χ1v) is 6.35. The van der Waals surface area contributed by atoms with Crippen molar-refractivity contribution in [1.29, 1.82) is 0 Å². The molecule has 1 aromatic rings. The van der Waals surface area contributed by atoms with Crippen molar-refractivity contribution in [3.63, 3.8) is 0 Å². The number of nitrogens with two attached hydrogens (primary N) is 1. The molecule has 0 radical (unpaired) electrons. The first-order chi connectivity index (χ1) is 8.99. The normalized spacial score (nSPS) is 11.7. The fourth-order valence-electron chi connectivity index (χ4n) is 1.96. The summed E-state index contributed by atoms with van der Waals surface area (Å²) in [6.07, 6.45) is 0.364. The highest BCUT2D eigenvalue weighted by molar-refractivity contribution is 5.97. The Hall–Kier alpha value is -2.04. The van der Waals surface area contributed by atoms with Crippen molar-refractivity contribution in [3.05, 3.63) is 35.4 Å². The van der Waals surface area contributed by atoms with E-state index < -0.39 is 0 Å². The standard InChI is InChI=1S/C14H21N3O2/c1-4-17(10(2)3)13(18)9-11-5-7-12(8-6-11)14(15)16-19/h5-8,10,19H,4,9H2,1-3H3,(H2,15,16). The Morgan fingerprint density at radius 1 is 1.37 bits per heavy atom. The number of hydrogen-bond acceptors (Lipinski definition) is 3. The predicted octanol–water partition coefficient (Wildman–Crippen LogP) is 1.58. The van der Waals surface area contributed by atoms with Crippen molar-refractivity contribution in [1.82, 2.24) is 4.90 Å². The van der Waals surface area contributed by atoms with Gasteiger partial charge in [-0.05, 0) is 26.3 Å². The van der Waals surface area contributed by atoms with Crippen LogP contribution >= 0.6 is 0 Å². The van der Waals surface area contributed by atoms with E-state index in [1.54, 1.807) is 12.1 Å². The lowest BCUT2D eigenvalue weighted by Gasteiger charge is -2.25. The van der Waals surface area contributed by atoms with Gasteiger partial charge < -0.3 is 15.8 Å². The molecule has 0 spiro atoms. The molecule has 3 N–H and O–H groups in total. The molecule has 1 rings (SSSR count). The van der Waals surface area contributed by atoms with Gasteiger partial charge in [-0.3, -0.25) is 4.79 Å². The zero-order chi connectivity index (χ0) is 14.4. The van der Waals surface area contributed by atoms with E-state index in [0.717, 1.165) is 5.56 Å². The summed E-state index contributed by atoms with van der Waals surface area (Å²) in [4.78, 5) is 13.9. The number of hydrogen-bond donors (Lipinski definition) is 2. The number of rotatable bonds is 5. The van der Waals surface area contributed by atoms with Crippen LogP contribution in [0, 0.1) is 0 Å². The lowest BCUT2D eigenvalue weighted by atomic mass is 10.1. The first kappa shape index (κ1) is 15.0. The fourth-order valence-corrected chi connectivity index (χ4v) is 1.96. The quantitative estimate of drug-likeness (QED) is 0.366. The van der Waals surface area contributed by atoms with E-state index in [1.807, 2.05) is 37.8 Å². The van der Waals surface area contributed by atoms with Crippen molar-refractivity contribution in [2.45, 2.75) is 33.2 Å². The molecule has 5 heteroatoms. The van der Waals surface area contributed by atoms with Gasteiger partial charge in [0, 0.05) is 18.2 Å². The van der Waals surface area contributed by atoms with Crippen molar-refractivity contribution in [2.75, 3.05) is 6.54 Å². The van der Waals surface area contributed by atoms with E-state index in [9.17, 15) is 4.79 Å². The summed E-state index contributed by atoms with van der Waals surface area (Å²) in [6, 6.07) is 7.32. The SMILES string of the molecule is CCN(C(=O)Cc1ccc(C(N)=NO)cc1)C(C)C. The molecule has 5 nitrogen and oxygen atoms in total. The van der Waals surface area contributed by atoms with Crippen molar-refractivity contribution in [3.8, 4) is 0 Å². The Labute approximate surface area is 113 Å². The Morgan fingerprint density at radius 2 is 1.95 bits per heavy atom. The molecule has 0 aliphatic carbocycles. The van der Waals surface area contributed by atoms with Crippen LogP contribution in [0.3, 0.4) is 0 Å². The van der Waals surface area contributed by atoms with Gasteiger partial charge in [0.2, 0.25) is 5.91 Å². The molecule has 0 aliphatic rings. The fraction of sp³-hybridized carbons (Fsp3) is 0.429. The molecular weight excluding hydrogens is 242 g/mol. The summed E-state index contributed by atoms with van der Waals surface area (Å²) in [6.45, 7) is 6.68. The van der Waals surface area contributed by atoms with Gasteiger partial charge in [-0.15, -0.1) is 0 Å². The minimum Gasteiger partial charge on any atom is -0.409 e. The zero-order valence-corrected chi connectivity index (χ0v) is 11.6. The average Bonchev–Trinajstić information content (AvgIpc) is 2.39. The highest BCUT2D eigenvalue weighted by Gasteiger charge is 2.15. The maximum absolute atomic E-state index is 12.1. The Balaban J connectivity index is 2.75. The monoisotopic (exact) mass is 263 g/mol. The molecule has 0 unspecified atom stereocenters. The molecular formula is C14H21N3O2. The van der Waals surface area contributed by atoms with Gasteiger partial charge in [0.05, 0.1) is 6.42 Å². The van der Waals surface area contributed by atoms with E-state index in [2.05, 4.69) is 5.16 Å². The smallest absolute Gasteiger partial charge is 0.227 e. The Morgan fingerprint density at radius 3 is 2.37 bits per heavy atom. The van der Waals surface area contributed by atoms with Crippen LogP contribution < -0.4 is 5.73 Å². The number of carbonyl (C=O) groups excluding carboxylic acids is 1. The van der Waals surface area contributed by atoms with E-state index in [-0.39, 0.29) is 17.8 Å². The summed E-state index contributed by atoms with van der Waals surface area (Å²) in [5, 5.41) is 11.5. The van der Waals surface area contributed by atoms with Crippen LogP contribution in [-0.4, -0.2) is 34.4 Å². The van der Waals surface area contributed by atoms with Crippen molar-refractivity contribution >= 4 is 11.7 Å². The second kappa shape index (κ2) is 6.78. The van der Waals surface area contributed by atoms with Crippen LogP contribution in [0.2, 0.25) is 0 Å². The number of carbonyl (C=O) groups is 1. The van der Waals surface area contributed by atoms with Crippen LogP contribution in [0.25, 0.3) is 0 Å². The summed E-state index contributed by atoms with van der Waals surface area (Å²) < 4.78 is 0. The minimum absolute atomic E-state index is 0.0650. The van der Waals surface area contributed by atoms with Crippen LogP contribution in [0.15, 0.2) is 29.4 Å². The molecule has 0 fully saturated rings. The topological polar surface area (TPSA) is 78.9 Å². The number of amides is 1. The molecule has 1 amide bonds. The van der Waals surface area contributed by atoms with E-state index >= 15 is 0 Å². The molecule has 0 saturated heterocycles. The van der Waals surface area contributed by atoms with Gasteiger partial charge in [0.25, 0.3) is 0 Å². The third-order valence-corrected chi connectivity index (χ3v) is 3.00. The highest BCUT2D eigenvalue weighted by Crippen LogP contribution is 2.08. The van der Waals surface area contributed by atoms with E-state index in [0.29, 0.717) is 18.5 Å². The van der Waals surface area contributed by atoms with Gasteiger partial charge in [-0.1, -0.05) is 29.4 Å². The maximum Gasteiger partial charge on any atom is 0.227 e. The third-order valence-electron chi connectivity index (χ3n) is 3.00. The van der Waals surface area contributed by atoms with Gasteiger partial charge in [-0.2, -0.15) is 0 Å². The number of benzene rings is 1. The zero-order valence-electron chi connectivity index (χ0n) is 11.6. The summed E-state index contributed by atoms with van der Waals surface area (Å²) in [5.74, 6) is 0.171. The van der Waals surface area contributed by atoms with Crippen LogP contribution in [0.5, 0.6) is 0 Å². The van der Waals surface area contributed by atoms with Crippen LogP contribution in [0.1, 0.15) is 31.9 Å². The summed E-state index contributed by atoms with van der Waals surface area (Å²) in [7, 11) is 0. The molecule has 0 saturated carbocycles. The molecule has 0 aromatic heterocycles. The number of likely N-dealkylation sites (N-methyl/N-ethyl adjacent to an activating group) is 1. The van der Waals surface area contributed by atoms with E-state index in [1.165, 1.54) is 0 Å². The van der Waals surface area contributed by atoms with Crippen LogP contribution in [-0.2, 0) is 11.2 Å². The number of oxime groups is 1.